The van der Waals surface area contributed by atoms with Gasteiger partial charge in [-0.1, -0.05) is 6.07 Å². The molecular weight excluding hydrogens is 138 g/mol. The molecule has 0 bridgehead atoms. The summed E-state index contributed by atoms with van der Waals surface area (Å²) in [5, 5.41) is 0. The van der Waals surface area contributed by atoms with Gasteiger partial charge in [0.25, 0.3) is 0 Å². The van der Waals surface area contributed by atoms with Crippen molar-refractivity contribution in [1.29, 1.82) is 0 Å². The number of carbonyl (C=O) groups excluding carboxylic acids is 1. The average Bonchev–Trinajstić information content (AvgIpc) is 1.93. The van der Waals surface area contributed by atoms with E-state index in [9.17, 15) is 0 Å². The fourth-order valence-corrected chi connectivity index (χ4v) is 0.313. The van der Waals surface area contributed by atoms with Crippen molar-refractivity contribution in [2.75, 3.05) is 0 Å². The predicted molar refractivity (Wildman–Crippen MR) is 36.8 cm³/mol. The molecule has 2 nitrogen and oxygen atoms in total. The van der Waals surface area contributed by atoms with Crippen LogP contribution in [0.5, 0.6) is 0 Å². The molecule has 0 aliphatic heterocycles. The molecule has 0 saturated heterocycles. The van der Waals surface area contributed by atoms with Crippen LogP contribution in [0.1, 0.15) is 0 Å². The molecule has 48 valence electrons. The first kappa shape index (κ1) is 8.11. The number of pyridine rings is 1. The third-order valence-electron chi connectivity index (χ3n) is 0.566. The van der Waals surface area contributed by atoms with E-state index >= 15 is 0 Å². The maximum atomic E-state index is 8.57. The lowest BCUT2D eigenvalue weighted by molar-refractivity contribution is 0.569. The number of nitrogens with zero attached hydrogens (tertiary/aromatic N) is 1. The second-order valence-corrected chi connectivity index (χ2v) is 1.29. The summed E-state index contributed by atoms with van der Waals surface area (Å²) in [6.07, 6.45) is 3.50. The summed E-state index contributed by atoms with van der Waals surface area (Å²) >= 11 is 4.32. The molecule has 0 spiro atoms. The fraction of sp³-hybridized carbons (Fsp3) is 0. The Morgan fingerprint density at radius 3 is 1.78 bits per heavy atom. The SMILES string of the molecule is O=CCl.c1ccncc1. The Labute approximate surface area is 58.5 Å². The van der Waals surface area contributed by atoms with Gasteiger partial charge in [0.1, 0.15) is 0 Å². The van der Waals surface area contributed by atoms with Crippen molar-refractivity contribution in [2.45, 2.75) is 0 Å². The van der Waals surface area contributed by atoms with Gasteiger partial charge in [-0.05, 0) is 23.7 Å². The van der Waals surface area contributed by atoms with Crippen molar-refractivity contribution in [3.05, 3.63) is 30.6 Å². The first-order valence-electron chi connectivity index (χ1n) is 2.30. The molecule has 0 fully saturated rings. The van der Waals surface area contributed by atoms with Gasteiger partial charge in [-0.25, -0.2) is 0 Å². The number of aromatic nitrogens is 1. The lowest BCUT2D eigenvalue weighted by atomic mass is 10.5. The summed E-state index contributed by atoms with van der Waals surface area (Å²) in [4.78, 5) is 12.4. The van der Waals surface area contributed by atoms with E-state index in [1.54, 1.807) is 12.4 Å². The predicted octanol–water partition coefficient (Wildman–Crippen LogP) is 1.50. The Balaban J connectivity index is 0.000000187. The highest BCUT2D eigenvalue weighted by Gasteiger charge is 1.58. The van der Waals surface area contributed by atoms with Crippen LogP contribution in [0.2, 0.25) is 0 Å². The van der Waals surface area contributed by atoms with Crippen LogP contribution >= 0.6 is 11.6 Å². The van der Waals surface area contributed by atoms with Gasteiger partial charge in [0, 0.05) is 12.4 Å². The van der Waals surface area contributed by atoms with E-state index in [0.717, 1.165) is 0 Å². The molecule has 0 aliphatic rings. The minimum atomic E-state index is 0.222. The first-order chi connectivity index (χ1) is 4.41. The van der Waals surface area contributed by atoms with E-state index < -0.39 is 0 Å². The second-order valence-electron chi connectivity index (χ2n) is 1.11. The van der Waals surface area contributed by atoms with Gasteiger partial charge in [-0.2, -0.15) is 0 Å². The largest absolute Gasteiger partial charge is 0.285 e. The molecule has 0 amide bonds. The molecular formula is C6H6ClNO. The highest BCUT2D eigenvalue weighted by molar-refractivity contribution is 6.54. The van der Waals surface area contributed by atoms with E-state index in [4.69, 9.17) is 4.79 Å². The molecule has 9 heavy (non-hydrogen) atoms. The maximum Gasteiger partial charge on any atom is 0.208 e. The molecule has 0 aliphatic carbocycles. The van der Waals surface area contributed by atoms with Gasteiger partial charge in [-0.15, -0.1) is 0 Å². The zero-order valence-electron chi connectivity index (χ0n) is 4.70. The van der Waals surface area contributed by atoms with Gasteiger partial charge >= 0.3 is 0 Å². The molecule has 1 heterocycles. The molecule has 0 atom stereocenters. The van der Waals surface area contributed by atoms with Crippen molar-refractivity contribution < 1.29 is 4.79 Å². The van der Waals surface area contributed by atoms with Gasteiger partial charge in [0.05, 0.1) is 0 Å². The Morgan fingerprint density at radius 2 is 1.67 bits per heavy atom. The summed E-state index contributed by atoms with van der Waals surface area (Å²) < 4.78 is 0. The van der Waals surface area contributed by atoms with E-state index in [-0.39, 0.29) is 5.75 Å². The number of rotatable bonds is 0. The molecule has 1 aromatic heterocycles. The minimum Gasteiger partial charge on any atom is -0.285 e. The quantitative estimate of drug-likeness (QED) is 0.407. The summed E-state index contributed by atoms with van der Waals surface area (Å²) in [5.74, 6) is 0.222. The molecule has 0 N–H and O–H groups in total. The van der Waals surface area contributed by atoms with E-state index in [2.05, 4.69) is 16.6 Å². The lowest BCUT2D eigenvalue weighted by Gasteiger charge is -1.70. The van der Waals surface area contributed by atoms with Crippen molar-refractivity contribution in [3.63, 3.8) is 0 Å². The van der Waals surface area contributed by atoms with Gasteiger partial charge in [0.15, 0.2) is 0 Å². The fourth-order valence-electron chi connectivity index (χ4n) is 0.313. The van der Waals surface area contributed by atoms with Crippen LogP contribution < -0.4 is 0 Å². The van der Waals surface area contributed by atoms with Crippen molar-refractivity contribution in [3.8, 4) is 0 Å². The standard InChI is InChI=1S/C5H5N.CHClO/c1-2-4-6-5-3-1;2-1-3/h1-5H;1H. The highest BCUT2D eigenvalue weighted by Crippen LogP contribution is 1.73. The molecule has 3 heteroatoms. The van der Waals surface area contributed by atoms with E-state index in [0.29, 0.717) is 0 Å². The number of hydrogen-bond donors (Lipinski definition) is 0. The number of halogens is 1. The zero-order valence-corrected chi connectivity index (χ0v) is 5.45. The Morgan fingerprint density at radius 1 is 1.22 bits per heavy atom. The first-order valence-corrected chi connectivity index (χ1v) is 2.74. The van der Waals surface area contributed by atoms with Crippen molar-refractivity contribution in [1.82, 2.24) is 4.98 Å². The highest BCUT2D eigenvalue weighted by atomic mass is 35.5. The molecule has 0 unspecified atom stereocenters. The smallest absolute Gasteiger partial charge is 0.208 e. The normalized spacial score (nSPS) is 6.78. The monoisotopic (exact) mass is 143 g/mol. The third-order valence-corrected chi connectivity index (χ3v) is 0.566. The van der Waals surface area contributed by atoms with Crippen LogP contribution in [0, 0.1) is 0 Å². The van der Waals surface area contributed by atoms with Crippen LogP contribution in [0.15, 0.2) is 30.6 Å². The van der Waals surface area contributed by atoms with Crippen LogP contribution in [0.4, 0.5) is 0 Å². The summed E-state index contributed by atoms with van der Waals surface area (Å²) in [5.41, 5.74) is 0. The van der Waals surface area contributed by atoms with Crippen LogP contribution in [-0.4, -0.2) is 10.7 Å². The maximum absolute atomic E-state index is 8.57. The zero-order chi connectivity index (χ0) is 6.95. The average molecular weight is 144 g/mol. The molecule has 1 rings (SSSR count). The molecule has 0 aromatic carbocycles. The van der Waals surface area contributed by atoms with Crippen LogP contribution in [0.25, 0.3) is 0 Å². The lowest BCUT2D eigenvalue weighted by Crippen LogP contribution is -1.58. The van der Waals surface area contributed by atoms with Crippen LogP contribution in [-0.2, 0) is 4.79 Å². The molecule has 0 saturated carbocycles. The Bertz CT molecular complexity index is 116. The van der Waals surface area contributed by atoms with Gasteiger partial charge < -0.3 is 0 Å². The Kier molecular flexibility index (Phi) is 6.41. The van der Waals surface area contributed by atoms with Crippen LogP contribution in [0.3, 0.4) is 0 Å². The minimum absolute atomic E-state index is 0.222. The molecule has 1 aromatic rings. The van der Waals surface area contributed by atoms with Crippen molar-refractivity contribution in [2.24, 2.45) is 0 Å². The molecule has 0 radical (unpaired) electrons. The van der Waals surface area contributed by atoms with Crippen molar-refractivity contribution >= 4 is 17.3 Å². The topological polar surface area (TPSA) is 30.0 Å². The van der Waals surface area contributed by atoms with Gasteiger partial charge in [-0.3, -0.25) is 9.78 Å². The summed E-state index contributed by atoms with van der Waals surface area (Å²) in [7, 11) is 0. The summed E-state index contributed by atoms with van der Waals surface area (Å²) in [6.45, 7) is 0. The van der Waals surface area contributed by atoms with E-state index in [1.165, 1.54) is 0 Å². The summed E-state index contributed by atoms with van der Waals surface area (Å²) in [6, 6.07) is 5.72. The Hall–Kier alpha value is -0.890. The number of hydrogen-bond acceptors (Lipinski definition) is 2. The number of carbonyl (C=O) groups is 1. The van der Waals surface area contributed by atoms with Gasteiger partial charge in [0.2, 0.25) is 5.75 Å². The second kappa shape index (κ2) is 7.11. The third kappa shape index (κ3) is 7.11. The van der Waals surface area contributed by atoms with E-state index in [1.807, 2.05) is 18.2 Å².